The minimum Gasteiger partial charge on any atom is -0.493 e. The van der Waals surface area contributed by atoms with E-state index in [0.717, 1.165) is 10.6 Å². The van der Waals surface area contributed by atoms with Crippen molar-refractivity contribution in [2.75, 3.05) is 19.8 Å². The first-order valence-corrected chi connectivity index (χ1v) is 9.16. The predicted molar refractivity (Wildman–Crippen MR) is 101 cm³/mol. The van der Waals surface area contributed by atoms with E-state index in [1.165, 1.54) is 0 Å². The lowest BCUT2D eigenvalue weighted by Gasteiger charge is -2.10. The van der Waals surface area contributed by atoms with Crippen LogP contribution < -0.4 is 14.8 Å². The van der Waals surface area contributed by atoms with Gasteiger partial charge in [0.15, 0.2) is 0 Å². The van der Waals surface area contributed by atoms with E-state index < -0.39 is 0 Å². The molecule has 1 amide bonds. The second kappa shape index (κ2) is 8.96. The number of ether oxygens (including phenoxy) is 2. The average Bonchev–Trinajstić information content (AvgIpc) is 3.21. The Labute approximate surface area is 155 Å². The van der Waals surface area contributed by atoms with E-state index in [9.17, 15) is 4.79 Å². The van der Waals surface area contributed by atoms with Crippen molar-refractivity contribution in [1.82, 2.24) is 15.5 Å². The molecule has 0 radical (unpaired) electrons. The first kappa shape index (κ1) is 17.9. The van der Waals surface area contributed by atoms with Gasteiger partial charge in [-0.15, -0.1) is 21.5 Å². The number of carbonyl (C=O) groups excluding carboxylic acids is 1. The van der Waals surface area contributed by atoms with Crippen LogP contribution in [0.1, 0.15) is 17.3 Å². The molecular formula is C19H19N3O3S. The Morgan fingerprint density at radius 1 is 1.08 bits per heavy atom. The Bertz CT molecular complexity index is 836. The first-order valence-electron chi connectivity index (χ1n) is 8.28. The van der Waals surface area contributed by atoms with Crippen molar-refractivity contribution in [2.45, 2.75) is 6.92 Å². The quantitative estimate of drug-likeness (QED) is 0.616. The van der Waals surface area contributed by atoms with Crippen LogP contribution in [0.25, 0.3) is 10.6 Å². The van der Waals surface area contributed by atoms with Crippen LogP contribution in [0.3, 0.4) is 0 Å². The number of hydrogen-bond donors (Lipinski definition) is 1. The average molecular weight is 369 g/mol. The fourth-order valence-corrected chi connectivity index (χ4v) is 2.99. The maximum atomic E-state index is 12.3. The zero-order valence-corrected chi connectivity index (χ0v) is 15.2. The number of benzene rings is 1. The van der Waals surface area contributed by atoms with Gasteiger partial charge in [0.2, 0.25) is 5.88 Å². The second-order valence-corrected chi connectivity index (χ2v) is 6.22. The molecule has 0 aliphatic rings. The van der Waals surface area contributed by atoms with E-state index in [0.29, 0.717) is 37.0 Å². The standard InChI is InChI=1S/C19H19N3O3S/c1-2-24-16-7-4-3-6-14(16)19(23)20-11-12-25-18-10-9-15(21-22-18)17-8-5-13-26-17/h3-10,13H,2,11-12H2,1H3,(H,20,23). The molecule has 3 aromatic rings. The van der Waals surface area contributed by atoms with Crippen molar-refractivity contribution in [1.29, 1.82) is 0 Å². The molecule has 7 heteroatoms. The Kier molecular flexibility index (Phi) is 6.16. The number of para-hydroxylation sites is 1. The van der Waals surface area contributed by atoms with E-state index >= 15 is 0 Å². The highest BCUT2D eigenvalue weighted by Crippen LogP contribution is 2.22. The number of rotatable bonds is 8. The molecular weight excluding hydrogens is 350 g/mol. The Morgan fingerprint density at radius 3 is 2.69 bits per heavy atom. The molecule has 0 saturated carbocycles. The van der Waals surface area contributed by atoms with Crippen LogP contribution in [-0.2, 0) is 0 Å². The summed E-state index contributed by atoms with van der Waals surface area (Å²) in [5.74, 6) is 0.800. The topological polar surface area (TPSA) is 73.3 Å². The third-order valence-corrected chi connectivity index (χ3v) is 4.38. The molecule has 1 N–H and O–H groups in total. The largest absolute Gasteiger partial charge is 0.493 e. The molecule has 0 unspecified atom stereocenters. The monoisotopic (exact) mass is 369 g/mol. The van der Waals surface area contributed by atoms with E-state index in [1.54, 1.807) is 35.6 Å². The Hall–Kier alpha value is -2.93. The molecule has 0 aliphatic heterocycles. The maximum absolute atomic E-state index is 12.3. The summed E-state index contributed by atoms with van der Waals surface area (Å²) in [7, 11) is 0. The summed E-state index contributed by atoms with van der Waals surface area (Å²) >= 11 is 1.61. The molecule has 0 aliphatic carbocycles. The van der Waals surface area contributed by atoms with Crippen molar-refractivity contribution >= 4 is 17.2 Å². The Balaban J connectivity index is 1.47. The summed E-state index contributed by atoms with van der Waals surface area (Å²) in [5.41, 5.74) is 1.32. The maximum Gasteiger partial charge on any atom is 0.255 e. The molecule has 134 valence electrons. The van der Waals surface area contributed by atoms with Gasteiger partial charge in [0, 0.05) is 6.07 Å². The number of thiophene rings is 1. The van der Waals surface area contributed by atoms with Gasteiger partial charge in [0.05, 0.1) is 23.6 Å². The zero-order chi connectivity index (χ0) is 18.2. The third-order valence-electron chi connectivity index (χ3n) is 3.48. The molecule has 0 fully saturated rings. The number of nitrogens with one attached hydrogen (secondary N) is 1. The fourth-order valence-electron chi connectivity index (χ4n) is 2.30. The van der Waals surface area contributed by atoms with Gasteiger partial charge in [0.1, 0.15) is 18.1 Å². The molecule has 1 aromatic carbocycles. The smallest absolute Gasteiger partial charge is 0.255 e. The van der Waals surface area contributed by atoms with Crippen LogP contribution in [-0.4, -0.2) is 35.9 Å². The fraction of sp³-hybridized carbons (Fsp3) is 0.211. The highest BCUT2D eigenvalue weighted by atomic mass is 32.1. The van der Waals surface area contributed by atoms with Crippen molar-refractivity contribution in [3.8, 4) is 22.2 Å². The van der Waals surface area contributed by atoms with Crippen molar-refractivity contribution in [2.24, 2.45) is 0 Å². The van der Waals surface area contributed by atoms with E-state index in [2.05, 4.69) is 15.5 Å². The molecule has 0 atom stereocenters. The lowest BCUT2D eigenvalue weighted by atomic mass is 10.2. The van der Waals surface area contributed by atoms with Crippen molar-refractivity contribution < 1.29 is 14.3 Å². The zero-order valence-electron chi connectivity index (χ0n) is 14.3. The molecule has 26 heavy (non-hydrogen) atoms. The summed E-state index contributed by atoms with van der Waals surface area (Å²) in [6.07, 6.45) is 0. The highest BCUT2D eigenvalue weighted by molar-refractivity contribution is 7.13. The van der Waals surface area contributed by atoms with Crippen LogP contribution in [0.15, 0.2) is 53.9 Å². The Morgan fingerprint density at radius 2 is 1.96 bits per heavy atom. The summed E-state index contributed by atoms with van der Waals surface area (Å²) in [6, 6.07) is 14.8. The van der Waals surface area contributed by atoms with Crippen LogP contribution in [0.5, 0.6) is 11.6 Å². The lowest BCUT2D eigenvalue weighted by Crippen LogP contribution is -2.28. The number of amides is 1. The molecule has 2 aromatic heterocycles. The van der Waals surface area contributed by atoms with Crippen LogP contribution >= 0.6 is 11.3 Å². The number of hydrogen-bond acceptors (Lipinski definition) is 6. The first-order chi connectivity index (χ1) is 12.8. The van der Waals surface area contributed by atoms with E-state index in [4.69, 9.17) is 9.47 Å². The van der Waals surface area contributed by atoms with E-state index in [-0.39, 0.29) is 5.91 Å². The molecule has 0 bridgehead atoms. The summed E-state index contributed by atoms with van der Waals surface area (Å²) in [4.78, 5) is 13.3. The van der Waals surface area contributed by atoms with Crippen LogP contribution in [0, 0.1) is 0 Å². The number of aromatic nitrogens is 2. The van der Waals surface area contributed by atoms with Gasteiger partial charge in [0.25, 0.3) is 5.91 Å². The number of nitrogens with zero attached hydrogens (tertiary/aromatic N) is 2. The van der Waals surface area contributed by atoms with Gasteiger partial charge >= 0.3 is 0 Å². The summed E-state index contributed by atoms with van der Waals surface area (Å²) in [6.45, 7) is 3.05. The highest BCUT2D eigenvalue weighted by Gasteiger charge is 2.11. The molecule has 3 rings (SSSR count). The minimum absolute atomic E-state index is 0.197. The van der Waals surface area contributed by atoms with Crippen LogP contribution in [0.2, 0.25) is 0 Å². The third kappa shape index (κ3) is 4.58. The molecule has 6 nitrogen and oxygen atoms in total. The normalized spacial score (nSPS) is 10.3. The summed E-state index contributed by atoms with van der Waals surface area (Å²) < 4.78 is 11.0. The predicted octanol–water partition coefficient (Wildman–Crippen LogP) is 3.41. The molecule has 0 saturated heterocycles. The lowest BCUT2D eigenvalue weighted by molar-refractivity contribution is 0.0942. The number of carbonyl (C=O) groups is 1. The molecule has 2 heterocycles. The van der Waals surface area contributed by atoms with Crippen molar-refractivity contribution in [3.63, 3.8) is 0 Å². The van der Waals surface area contributed by atoms with Gasteiger partial charge in [-0.2, -0.15) is 0 Å². The van der Waals surface area contributed by atoms with Gasteiger partial charge in [-0.1, -0.05) is 18.2 Å². The van der Waals surface area contributed by atoms with Gasteiger partial charge in [-0.3, -0.25) is 4.79 Å². The molecule has 0 spiro atoms. The summed E-state index contributed by atoms with van der Waals surface area (Å²) in [5, 5.41) is 13.0. The minimum atomic E-state index is -0.197. The second-order valence-electron chi connectivity index (χ2n) is 5.27. The van der Waals surface area contributed by atoms with Gasteiger partial charge in [-0.05, 0) is 36.6 Å². The van der Waals surface area contributed by atoms with Gasteiger partial charge in [-0.25, -0.2) is 0 Å². The SMILES string of the molecule is CCOc1ccccc1C(=O)NCCOc1ccc(-c2cccs2)nn1. The van der Waals surface area contributed by atoms with Gasteiger partial charge < -0.3 is 14.8 Å². The van der Waals surface area contributed by atoms with E-state index in [1.807, 2.05) is 36.6 Å². The van der Waals surface area contributed by atoms with Crippen LogP contribution in [0.4, 0.5) is 0 Å². The van der Waals surface area contributed by atoms with Crippen molar-refractivity contribution in [3.05, 3.63) is 59.5 Å².